The number of hydrogen-bond acceptors (Lipinski definition) is 30. The highest BCUT2D eigenvalue weighted by molar-refractivity contribution is 5.95. The van der Waals surface area contributed by atoms with Gasteiger partial charge < -0.3 is 131 Å². The predicted octanol–water partition coefficient (Wildman–Crippen LogP) is -9.40. The van der Waals surface area contributed by atoms with Crippen LogP contribution >= 0.6 is 0 Å². The molecule has 101 heavy (non-hydrogen) atoms. The number of ketones is 4. The van der Waals surface area contributed by atoms with Gasteiger partial charge in [-0.1, -0.05) is 0 Å². The van der Waals surface area contributed by atoms with Crippen LogP contribution in [0.2, 0.25) is 0 Å². The zero-order valence-corrected chi connectivity index (χ0v) is 55.9. The van der Waals surface area contributed by atoms with Crippen molar-refractivity contribution in [2.24, 2.45) is 0 Å². The Balaban J connectivity index is 1.41. The number of aliphatic hydroxyl groups excluding tert-OH is 9. The Labute approximate surface area is 577 Å². The topological polar surface area (TPSA) is 633 Å². The fraction of sp³-hybridized carbons (Fsp3) is 0.750. The number of nitrogens with one attached hydrogen (secondary N) is 6. The third-order valence-corrected chi connectivity index (χ3v) is 15.8. The molecule has 0 bridgehead atoms. The molecule has 16 atom stereocenters. The van der Waals surface area contributed by atoms with E-state index in [4.69, 9.17) is 28.4 Å². The Morgan fingerprint density at radius 2 is 1.02 bits per heavy atom. The van der Waals surface area contributed by atoms with Crippen molar-refractivity contribution < 1.29 is 162 Å². The SMILES string of the molecule is CCNC(=O)CCC(=O)CNC(=O)CN(CC(=O)O)C(=O)CCC(=O)CNC(=O)CN(CC(=O)O)C(=O)CCC(=O)CNC(=O)CCCCC(=O)CCCCO[C@@H]1OC(CO)[C@@H](O[C@@H]2OC(CO[C@]3(C(=O)O)CC(O)[C@@H](NC(C)=O)C(C(O)C(O)CO)O3)[C@H](O)[C@H](O)C2O)[C@H](O)C1NC(C)=O. The van der Waals surface area contributed by atoms with Crippen LogP contribution in [0.3, 0.4) is 0 Å². The summed E-state index contributed by atoms with van der Waals surface area (Å²) < 4.78 is 34.3. The number of carbonyl (C=O) groups is 15. The van der Waals surface area contributed by atoms with Gasteiger partial charge in [-0.3, -0.25) is 67.1 Å². The molecule has 0 aliphatic carbocycles. The number of hydrogen-bond donors (Lipinski definition) is 18. The predicted molar refractivity (Wildman–Crippen MR) is 332 cm³/mol. The third-order valence-electron chi connectivity index (χ3n) is 15.8. The van der Waals surface area contributed by atoms with Crippen LogP contribution in [-0.4, -0.2) is 336 Å². The quantitative estimate of drug-likeness (QED) is 0.0252. The minimum absolute atomic E-state index is 0.0563. The van der Waals surface area contributed by atoms with Gasteiger partial charge in [0.25, 0.3) is 5.79 Å². The van der Waals surface area contributed by atoms with Crippen LogP contribution in [0.25, 0.3) is 0 Å². The summed E-state index contributed by atoms with van der Waals surface area (Å²) in [5.74, 6) is -16.2. The van der Waals surface area contributed by atoms with Crippen molar-refractivity contribution >= 4 is 88.3 Å². The van der Waals surface area contributed by atoms with Gasteiger partial charge in [-0.25, -0.2) is 4.79 Å². The molecule has 3 aliphatic rings. The van der Waals surface area contributed by atoms with Crippen molar-refractivity contribution in [3.63, 3.8) is 0 Å². The lowest BCUT2D eigenvalue weighted by Gasteiger charge is -2.48. The highest BCUT2D eigenvalue weighted by Crippen LogP contribution is 2.36. The third kappa shape index (κ3) is 30.0. The molecule has 0 saturated carbocycles. The maximum Gasteiger partial charge on any atom is 0.364 e. The van der Waals surface area contributed by atoms with E-state index in [0.717, 1.165) is 13.8 Å². The second-order valence-corrected chi connectivity index (χ2v) is 24.0. The number of carbonyl (C=O) groups excluding carboxylic acids is 12. The first-order valence-corrected chi connectivity index (χ1v) is 32.3. The maximum atomic E-state index is 12.9. The largest absolute Gasteiger partial charge is 0.480 e. The molecule has 3 aliphatic heterocycles. The van der Waals surface area contributed by atoms with E-state index in [2.05, 4.69) is 31.9 Å². The Kier molecular flexibility index (Phi) is 38.0. The second-order valence-electron chi connectivity index (χ2n) is 24.0. The summed E-state index contributed by atoms with van der Waals surface area (Å²) in [6.45, 7) is -4.33. The summed E-state index contributed by atoms with van der Waals surface area (Å²) in [5.41, 5.74) is 0. The Morgan fingerprint density at radius 3 is 1.51 bits per heavy atom. The summed E-state index contributed by atoms with van der Waals surface area (Å²) in [5, 5.41) is 139. The van der Waals surface area contributed by atoms with E-state index in [0.29, 0.717) is 16.3 Å². The first-order valence-electron chi connectivity index (χ1n) is 32.3. The molecule has 0 aromatic heterocycles. The molecule has 3 rings (SSSR count). The highest BCUT2D eigenvalue weighted by atomic mass is 16.8. The molecule has 3 heterocycles. The lowest BCUT2D eigenvalue weighted by molar-refractivity contribution is -0.360. The molecule has 41 nitrogen and oxygen atoms in total. The van der Waals surface area contributed by atoms with E-state index in [-0.39, 0.29) is 76.1 Å². The van der Waals surface area contributed by atoms with Gasteiger partial charge in [0.2, 0.25) is 47.3 Å². The van der Waals surface area contributed by atoms with E-state index in [1.807, 2.05) is 0 Å². The van der Waals surface area contributed by atoms with E-state index < -0.39 is 272 Å². The lowest BCUT2D eigenvalue weighted by atomic mass is 9.88. The van der Waals surface area contributed by atoms with E-state index >= 15 is 0 Å². The van der Waals surface area contributed by atoms with Gasteiger partial charge in [0.15, 0.2) is 29.9 Å². The molecule has 18 N–H and O–H groups in total. The molecule has 8 amide bonds. The fourth-order valence-electron chi connectivity index (χ4n) is 10.5. The summed E-state index contributed by atoms with van der Waals surface area (Å²) in [7, 11) is 0. The number of aliphatic carboxylic acids is 3. The van der Waals surface area contributed by atoms with Gasteiger partial charge in [0.1, 0.15) is 99.0 Å². The zero-order chi connectivity index (χ0) is 75.8. The Bertz CT molecular complexity index is 2850. The molecule has 41 heteroatoms. The number of aliphatic hydroxyl groups is 9. The van der Waals surface area contributed by atoms with Crippen molar-refractivity contribution in [3.05, 3.63) is 0 Å². The van der Waals surface area contributed by atoms with Crippen LogP contribution in [-0.2, 0) is 100 Å². The standard InChI is InChI=1S/C60H94N8O33/c1-4-61-41(80)15-12-33(74)21-63-42(81)23-67(25-46(85)86)45(84)17-14-35(76)22-64-43(82)24-68(26-47(87)88)44(83)16-13-34(75)20-62-40(79)11-6-5-9-32(73)10-7-8-18-96-57-49(66-31(3)72)52(91)55(38(28-70)98-57)100-58-54(93)53(92)51(90)39(99-58)29-97-60(59(94)95)19-36(77)48(65-30(2)71)56(101-60)50(89)37(78)27-69/h36-39,48-58,69-70,77-78,89-93H,4-29H2,1-3H3,(H,61,80)(H,62,79)(H,63,81)(H,64,82)(H,65,71)(H,66,72)(H,85,86)(H,87,88)(H,94,95)/t36?,37?,38?,39?,48-,49?,50?,51+,52-,53+,54?,55-,56?,57-,58+,60-/m1/s1. The second kappa shape index (κ2) is 43.9. The molecule has 3 saturated heterocycles. The highest BCUT2D eigenvalue weighted by Gasteiger charge is 2.58. The maximum absolute atomic E-state index is 12.9. The average molecular weight is 1460 g/mol. The van der Waals surface area contributed by atoms with Gasteiger partial charge in [-0.05, 0) is 32.6 Å². The molecule has 0 aromatic rings. The fourth-order valence-corrected chi connectivity index (χ4v) is 10.5. The molecule has 0 spiro atoms. The van der Waals surface area contributed by atoms with Crippen molar-refractivity contribution in [1.29, 1.82) is 0 Å². The van der Waals surface area contributed by atoms with Crippen LogP contribution in [0.5, 0.6) is 0 Å². The van der Waals surface area contributed by atoms with Crippen molar-refractivity contribution in [2.75, 3.05) is 78.8 Å². The summed E-state index contributed by atoms with van der Waals surface area (Å²) in [6, 6.07) is -3.01. The number of carboxylic acids is 3. The Hall–Kier alpha value is -7.75. The van der Waals surface area contributed by atoms with Crippen molar-refractivity contribution in [2.45, 2.75) is 208 Å². The molecule has 0 radical (unpaired) electrons. The van der Waals surface area contributed by atoms with Crippen molar-refractivity contribution in [3.8, 4) is 0 Å². The number of amides is 8. The number of unbranched alkanes of at least 4 members (excludes halogenated alkanes) is 2. The van der Waals surface area contributed by atoms with Crippen molar-refractivity contribution in [1.82, 2.24) is 41.7 Å². The summed E-state index contributed by atoms with van der Waals surface area (Å²) >= 11 is 0. The smallest absolute Gasteiger partial charge is 0.364 e. The van der Waals surface area contributed by atoms with Gasteiger partial charge in [-0.15, -0.1) is 0 Å². The molecule has 3 fully saturated rings. The Morgan fingerprint density at radius 1 is 0.535 bits per heavy atom. The van der Waals surface area contributed by atoms with Gasteiger partial charge in [-0.2, -0.15) is 0 Å². The normalized spacial score (nSPS) is 25.4. The molecule has 8 unspecified atom stereocenters. The van der Waals surface area contributed by atoms with Crippen LogP contribution in [0.1, 0.15) is 111 Å². The van der Waals surface area contributed by atoms with Crippen LogP contribution in [0.15, 0.2) is 0 Å². The molecule has 0 aromatic carbocycles. The number of Topliss-reactive ketones (excluding diaryl/α,β-unsaturated/α-hetero) is 4. The van der Waals surface area contributed by atoms with Crippen LogP contribution in [0, 0.1) is 0 Å². The minimum atomic E-state index is -2.93. The van der Waals surface area contributed by atoms with Crippen LogP contribution < -0.4 is 31.9 Å². The van der Waals surface area contributed by atoms with Crippen LogP contribution in [0.4, 0.5) is 0 Å². The minimum Gasteiger partial charge on any atom is -0.480 e. The van der Waals surface area contributed by atoms with E-state index in [9.17, 15) is 133 Å². The first kappa shape index (κ1) is 87.5. The number of carboxylic acid groups (broad SMARTS) is 3. The van der Waals surface area contributed by atoms with Gasteiger partial charge in [0, 0.05) is 91.2 Å². The summed E-state index contributed by atoms with van der Waals surface area (Å²) in [4.78, 5) is 186. The lowest BCUT2D eigenvalue weighted by Crippen LogP contribution is -2.69. The zero-order valence-electron chi connectivity index (χ0n) is 55.9. The average Bonchev–Trinajstić information content (AvgIpc) is 0.773. The first-order chi connectivity index (χ1) is 47.6. The monoisotopic (exact) mass is 1450 g/mol. The van der Waals surface area contributed by atoms with Gasteiger partial charge in [0.05, 0.1) is 51.6 Å². The molecular formula is C60H94N8O33. The number of rotatable bonds is 47. The number of nitrogens with zero attached hydrogens (tertiary/aromatic N) is 2. The van der Waals surface area contributed by atoms with Gasteiger partial charge >= 0.3 is 17.9 Å². The molecular weight excluding hydrogens is 1360 g/mol. The number of ether oxygens (including phenoxy) is 6. The molecule has 572 valence electrons. The van der Waals surface area contributed by atoms with E-state index in [1.54, 1.807) is 6.92 Å². The van der Waals surface area contributed by atoms with E-state index in [1.165, 1.54) is 0 Å². The summed E-state index contributed by atoms with van der Waals surface area (Å²) in [6.07, 6.45) is -27.2.